The maximum absolute atomic E-state index is 12.3. The summed E-state index contributed by atoms with van der Waals surface area (Å²) in [6, 6.07) is 5.44. The van der Waals surface area contributed by atoms with Crippen molar-refractivity contribution in [1.82, 2.24) is 5.32 Å². The molecular formula is C13H14Br2N2OS. The summed E-state index contributed by atoms with van der Waals surface area (Å²) in [4.78, 5) is 12.7. The fourth-order valence-corrected chi connectivity index (χ4v) is 3.93. The molecule has 1 amide bonds. The van der Waals surface area contributed by atoms with Crippen molar-refractivity contribution in [2.24, 2.45) is 5.73 Å². The normalized spacial score (nSPS) is 17.2. The van der Waals surface area contributed by atoms with Gasteiger partial charge in [0.2, 0.25) is 0 Å². The van der Waals surface area contributed by atoms with Gasteiger partial charge in [0.15, 0.2) is 0 Å². The zero-order chi connectivity index (χ0) is 14.0. The Morgan fingerprint density at radius 3 is 2.21 bits per heavy atom. The summed E-state index contributed by atoms with van der Waals surface area (Å²) in [5.41, 5.74) is 5.89. The molecule has 2 rings (SSSR count). The van der Waals surface area contributed by atoms with Gasteiger partial charge in [-0.15, -0.1) is 0 Å². The molecule has 19 heavy (non-hydrogen) atoms. The van der Waals surface area contributed by atoms with E-state index < -0.39 is 5.54 Å². The first-order chi connectivity index (χ1) is 8.93. The number of carbonyl (C=O) groups is 1. The van der Waals surface area contributed by atoms with Crippen molar-refractivity contribution in [3.8, 4) is 0 Å². The Morgan fingerprint density at radius 2 is 1.74 bits per heavy atom. The third-order valence-electron chi connectivity index (χ3n) is 3.41. The minimum Gasteiger partial charge on any atom is -0.391 e. The number of rotatable bonds is 3. The number of nitrogens with one attached hydrogen (secondary N) is 1. The van der Waals surface area contributed by atoms with Crippen molar-refractivity contribution in [3.63, 3.8) is 0 Å². The smallest absolute Gasteiger partial charge is 0.252 e. The van der Waals surface area contributed by atoms with Gasteiger partial charge < -0.3 is 11.1 Å². The molecule has 1 aromatic carbocycles. The summed E-state index contributed by atoms with van der Waals surface area (Å²) in [6.45, 7) is 0. The largest absolute Gasteiger partial charge is 0.391 e. The molecule has 0 unspecified atom stereocenters. The molecule has 1 aliphatic rings. The number of halogens is 2. The van der Waals surface area contributed by atoms with Gasteiger partial charge in [0.1, 0.15) is 0 Å². The van der Waals surface area contributed by atoms with Crippen LogP contribution in [0.15, 0.2) is 27.1 Å². The Labute approximate surface area is 134 Å². The molecule has 1 aliphatic carbocycles. The summed E-state index contributed by atoms with van der Waals surface area (Å²) in [5.74, 6) is -0.142. The van der Waals surface area contributed by atoms with E-state index in [-0.39, 0.29) is 5.91 Å². The number of amides is 1. The van der Waals surface area contributed by atoms with Crippen LogP contribution >= 0.6 is 44.1 Å². The second-order valence-electron chi connectivity index (χ2n) is 4.77. The Bertz CT molecular complexity index is 507. The minimum atomic E-state index is -0.513. The fraction of sp³-hybridized carbons (Fsp3) is 0.385. The molecule has 3 nitrogen and oxygen atoms in total. The summed E-state index contributed by atoms with van der Waals surface area (Å²) >= 11 is 11.9. The Hall–Kier alpha value is -0.460. The quantitative estimate of drug-likeness (QED) is 0.756. The molecule has 0 heterocycles. The van der Waals surface area contributed by atoms with Gasteiger partial charge in [-0.2, -0.15) is 0 Å². The molecule has 0 bridgehead atoms. The highest BCUT2D eigenvalue weighted by atomic mass is 79.9. The van der Waals surface area contributed by atoms with Crippen molar-refractivity contribution >= 4 is 55.0 Å². The summed E-state index contributed by atoms with van der Waals surface area (Å²) in [5, 5.41) is 3.02. The molecule has 3 N–H and O–H groups in total. The number of benzene rings is 1. The first kappa shape index (κ1) is 14.9. The number of thiocarbonyl (C=S) groups is 1. The van der Waals surface area contributed by atoms with Gasteiger partial charge in [-0.3, -0.25) is 4.79 Å². The zero-order valence-corrected chi connectivity index (χ0v) is 14.2. The van der Waals surface area contributed by atoms with Crippen molar-refractivity contribution < 1.29 is 4.79 Å². The van der Waals surface area contributed by atoms with E-state index in [1.165, 1.54) is 0 Å². The van der Waals surface area contributed by atoms with E-state index in [0.717, 1.165) is 34.6 Å². The van der Waals surface area contributed by atoms with Gasteiger partial charge >= 0.3 is 0 Å². The average molecular weight is 406 g/mol. The highest BCUT2D eigenvalue weighted by Crippen LogP contribution is 2.30. The van der Waals surface area contributed by atoms with Crippen molar-refractivity contribution in [3.05, 3.63) is 32.7 Å². The van der Waals surface area contributed by atoms with Gasteiger partial charge in [0.05, 0.1) is 10.5 Å². The summed E-state index contributed by atoms with van der Waals surface area (Å²) < 4.78 is 1.70. The molecule has 0 atom stereocenters. The van der Waals surface area contributed by atoms with E-state index in [2.05, 4.69) is 37.2 Å². The van der Waals surface area contributed by atoms with Crippen LogP contribution < -0.4 is 11.1 Å². The lowest BCUT2D eigenvalue weighted by Gasteiger charge is -2.29. The Morgan fingerprint density at radius 1 is 1.21 bits per heavy atom. The van der Waals surface area contributed by atoms with Crippen LogP contribution in [0.3, 0.4) is 0 Å². The molecule has 0 aromatic heterocycles. The van der Waals surface area contributed by atoms with Crippen LogP contribution in [0.5, 0.6) is 0 Å². The molecular weight excluding hydrogens is 392 g/mol. The number of carbonyl (C=O) groups excluding carboxylic acids is 1. The van der Waals surface area contributed by atoms with Crippen LogP contribution in [0, 0.1) is 0 Å². The third kappa shape index (κ3) is 3.35. The van der Waals surface area contributed by atoms with Gasteiger partial charge in [0, 0.05) is 14.5 Å². The van der Waals surface area contributed by atoms with Crippen LogP contribution in [0.25, 0.3) is 0 Å². The first-order valence-corrected chi connectivity index (χ1v) is 8.01. The lowest BCUT2D eigenvalue weighted by Crippen LogP contribution is -2.54. The first-order valence-electron chi connectivity index (χ1n) is 6.01. The second-order valence-corrected chi connectivity index (χ2v) is 7.04. The van der Waals surface area contributed by atoms with Crippen molar-refractivity contribution in [2.75, 3.05) is 0 Å². The zero-order valence-electron chi connectivity index (χ0n) is 10.2. The summed E-state index contributed by atoms with van der Waals surface area (Å²) in [6.07, 6.45) is 3.73. The maximum atomic E-state index is 12.3. The molecule has 1 fully saturated rings. The van der Waals surface area contributed by atoms with E-state index in [1.54, 1.807) is 12.1 Å². The average Bonchev–Trinajstić information content (AvgIpc) is 2.77. The predicted octanol–water partition coefficient (Wildman–Crippen LogP) is 3.54. The highest BCUT2D eigenvalue weighted by molar-refractivity contribution is 9.11. The standard InChI is InChI=1S/C13H14Br2N2OS/c14-9-5-8(6-10(15)7-9)11(18)17-13(12(16)19)3-1-2-4-13/h5-7H,1-4H2,(H2,16,19)(H,17,18). The van der Waals surface area contributed by atoms with Crippen LogP contribution in [0.2, 0.25) is 0 Å². The minimum absolute atomic E-state index is 0.142. The lowest BCUT2D eigenvalue weighted by atomic mass is 9.97. The van der Waals surface area contributed by atoms with Gasteiger partial charge in [0.25, 0.3) is 5.91 Å². The molecule has 0 radical (unpaired) electrons. The van der Waals surface area contributed by atoms with Crippen LogP contribution in [0.1, 0.15) is 36.0 Å². The van der Waals surface area contributed by atoms with Gasteiger partial charge in [-0.1, -0.05) is 56.9 Å². The van der Waals surface area contributed by atoms with Gasteiger partial charge in [-0.25, -0.2) is 0 Å². The van der Waals surface area contributed by atoms with E-state index in [1.807, 2.05) is 6.07 Å². The van der Waals surface area contributed by atoms with E-state index >= 15 is 0 Å². The van der Waals surface area contributed by atoms with Crippen LogP contribution in [-0.2, 0) is 0 Å². The SMILES string of the molecule is NC(=S)C1(NC(=O)c2cc(Br)cc(Br)c2)CCCC1. The predicted molar refractivity (Wildman–Crippen MR) is 87.3 cm³/mol. The Kier molecular flexibility index (Phi) is 4.63. The number of nitrogens with two attached hydrogens (primary N) is 1. The lowest BCUT2D eigenvalue weighted by molar-refractivity contribution is 0.0924. The molecule has 0 spiro atoms. The fourth-order valence-electron chi connectivity index (χ4n) is 2.39. The molecule has 102 valence electrons. The topological polar surface area (TPSA) is 55.1 Å². The van der Waals surface area contributed by atoms with Crippen molar-refractivity contribution in [1.29, 1.82) is 0 Å². The van der Waals surface area contributed by atoms with E-state index in [4.69, 9.17) is 18.0 Å². The Balaban J connectivity index is 2.22. The monoisotopic (exact) mass is 404 g/mol. The number of hydrogen-bond acceptors (Lipinski definition) is 2. The second kappa shape index (κ2) is 5.89. The molecule has 0 saturated heterocycles. The third-order valence-corrected chi connectivity index (χ3v) is 4.71. The van der Waals surface area contributed by atoms with Gasteiger partial charge in [-0.05, 0) is 31.0 Å². The van der Waals surface area contributed by atoms with Crippen LogP contribution in [-0.4, -0.2) is 16.4 Å². The summed E-state index contributed by atoms with van der Waals surface area (Å²) in [7, 11) is 0. The van der Waals surface area contributed by atoms with E-state index in [9.17, 15) is 4.79 Å². The molecule has 1 aromatic rings. The maximum Gasteiger partial charge on any atom is 0.252 e. The van der Waals surface area contributed by atoms with Crippen molar-refractivity contribution in [2.45, 2.75) is 31.2 Å². The number of hydrogen-bond donors (Lipinski definition) is 2. The molecule has 1 saturated carbocycles. The van der Waals surface area contributed by atoms with E-state index in [0.29, 0.717) is 10.6 Å². The highest BCUT2D eigenvalue weighted by Gasteiger charge is 2.38. The van der Waals surface area contributed by atoms with Crippen LogP contribution in [0.4, 0.5) is 0 Å². The molecule has 6 heteroatoms. The molecule has 0 aliphatic heterocycles.